The van der Waals surface area contributed by atoms with E-state index >= 15 is 0 Å². The van der Waals surface area contributed by atoms with Gasteiger partial charge in [-0.2, -0.15) is 0 Å². The smallest absolute Gasteiger partial charge is 0.0389 e. The van der Waals surface area contributed by atoms with Crippen molar-refractivity contribution >= 4 is 11.8 Å². The fourth-order valence-corrected chi connectivity index (χ4v) is 2.31. The monoisotopic (exact) mass is 151 g/mol. The van der Waals surface area contributed by atoms with Crippen LogP contribution in [0.4, 0.5) is 0 Å². The van der Waals surface area contributed by atoms with Gasteiger partial charge in [0.25, 0.3) is 0 Å². The highest BCUT2D eigenvalue weighted by Gasteiger charge is 2.24. The lowest BCUT2D eigenvalue weighted by Gasteiger charge is -2.17. The van der Waals surface area contributed by atoms with Crippen molar-refractivity contribution in [1.29, 1.82) is 0 Å². The standard InChI is InChI=1S/C8H9NS/c9-7-2-1-3-8-6(7)4-5-10-8/h1-6,8H,9H2. The molecule has 0 saturated carbocycles. The molecule has 0 radical (unpaired) electrons. The third-order valence-electron chi connectivity index (χ3n) is 1.85. The minimum Gasteiger partial charge on any atom is -0.402 e. The minimum absolute atomic E-state index is 0.468. The molecule has 2 N–H and O–H groups in total. The Balaban J connectivity index is 2.30. The predicted molar refractivity (Wildman–Crippen MR) is 45.4 cm³/mol. The first-order valence-corrected chi connectivity index (χ1v) is 4.28. The number of allylic oxidation sites excluding steroid dienone is 3. The highest BCUT2D eigenvalue weighted by Crippen LogP contribution is 2.35. The third-order valence-corrected chi connectivity index (χ3v) is 2.93. The lowest BCUT2D eigenvalue weighted by Crippen LogP contribution is -2.19. The van der Waals surface area contributed by atoms with Crippen LogP contribution in [-0.4, -0.2) is 5.25 Å². The molecular weight excluding hydrogens is 142 g/mol. The molecule has 0 saturated heterocycles. The molecular formula is C8H9NS. The summed E-state index contributed by atoms with van der Waals surface area (Å²) < 4.78 is 0. The molecule has 0 fully saturated rings. The second-order valence-corrected chi connectivity index (χ2v) is 3.60. The van der Waals surface area contributed by atoms with Crippen LogP contribution in [0.15, 0.2) is 35.4 Å². The normalized spacial score (nSPS) is 35.8. The van der Waals surface area contributed by atoms with Crippen molar-refractivity contribution in [1.82, 2.24) is 0 Å². The van der Waals surface area contributed by atoms with Crippen LogP contribution < -0.4 is 5.73 Å². The summed E-state index contributed by atoms with van der Waals surface area (Å²) in [5.41, 5.74) is 6.76. The number of rotatable bonds is 0. The van der Waals surface area contributed by atoms with Gasteiger partial charge in [-0.1, -0.05) is 18.2 Å². The largest absolute Gasteiger partial charge is 0.402 e. The fourth-order valence-electron chi connectivity index (χ4n) is 1.27. The van der Waals surface area contributed by atoms with Gasteiger partial charge in [0.2, 0.25) is 0 Å². The Morgan fingerprint density at radius 3 is 3.10 bits per heavy atom. The van der Waals surface area contributed by atoms with Crippen LogP contribution in [0.2, 0.25) is 0 Å². The van der Waals surface area contributed by atoms with E-state index in [1.807, 2.05) is 23.9 Å². The first-order chi connectivity index (χ1) is 4.88. The summed E-state index contributed by atoms with van der Waals surface area (Å²) in [6.07, 6.45) is 8.39. The number of fused-ring (bicyclic) bond motifs is 1. The van der Waals surface area contributed by atoms with Crippen molar-refractivity contribution in [2.24, 2.45) is 11.7 Å². The maximum absolute atomic E-state index is 5.77. The van der Waals surface area contributed by atoms with Gasteiger partial charge in [-0.25, -0.2) is 0 Å². The number of nitrogens with two attached hydrogens (primary N) is 1. The van der Waals surface area contributed by atoms with E-state index in [0.717, 1.165) is 5.70 Å². The molecule has 2 heteroatoms. The Labute approximate surface area is 64.7 Å². The molecule has 2 rings (SSSR count). The maximum atomic E-state index is 5.77. The topological polar surface area (TPSA) is 26.0 Å². The lowest BCUT2D eigenvalue weighted by molar-refractivity contribution is 0.781. The van der Waals surface area contributed by atoms with Crippen LogP contribution >= 0.6 is 11.8 Å². The Kier molecular flexibility index (Phi) is 1.34. The van der Waals surface area contributed by atoms with E-state index in [1.54, 1.807) is 0 Å². The van der Waals surface area contributed by atoms with E-state index in [-0.39, 0.29) is 0 Å². The molecule has 0 aromatic heterocycles. The summed E-state index contributed by atoms with van der Waals surface area (Å²) in [7, 11) is 0. The Bertz CT molecular complexity index is 227. The van der Waals surface area contributed by atoms with E-state index in [4.69, 9.17) is 5.73 Å². The van der Waals surface area contributed by atoms with Gasteiger partial charge in [0.1, 0.15) is 0 Å². The van der Waals surface area contributed by atoms with Gasteiger partial charge in [0.15, 0.2) is 0 Å². The Morgan fingerprint density at radius 2 is 2.30 bits per heavy atom. The third kappa shape index (κ3) is 0.797. The molecule has 0 amide bonds. The summed E-state index contributed by atoms with van der Waals surface area (Å²) in [4.78, 5) is 0. The first-order valence-electron chi connectivity index (χ1n) is 3.34. The Morgan fingerprint density at radius 1 is 1.40 bits per heavy atom. The van der Waals surface area contributed by atoms with Crippen molar-refractivity contribution < 1.29 is 0 Å². The van der Waals surface area contributed by atoms with Gasteiger partial charge in [-0.15, -0.1) is 11.8 Å². The molecule has 2 atom stereocenters. The van der Waals surface area contributed by atoms with Crippen molar-refractivity contribution in [3.8, 4) is 0 Å². The van der Waals surface area contributed by atoms with Crippen molar-refractivity contribution in [2.75, 3.05) is 0 Å². The maximum Gasteiger partial charge on any atom is 0.0389 e. The van der Waals surface area contributed by atoms with E-state index < -0.39 is 0 Å². The summed E-state index contributed by atoms with van der Waals surface area (Å²) in [5, 5.41) is 2.70. The molecule has 0 aromatic rings. The molecule has 10 heavy (non-hydrogen) atoms. The highest BCUT2D eigenvalue weighted by atomic mass is 32.2. The van der Waals surface area contributed by atoms with Crippen molar-refractivity contribution in [3.05, 3.63) is 35.4 Å². The van der Waals surface area contributed by atoms with Gasteiger partial charge >= 0.3 is 0 Å². The molecule has 2 aliphatic rings. The number of hydrogen-bond donors (Lipinski definition) is 1. The summed E-state index contributed by atoms with van der Waals surface area (Å²) in [6.45, 7) is 0. The zero-order valence-electron chi connectivity index (χ0n) is 5.53. The molecule has 1 heterocycles. The predicted octanol–water partition coefficient (Wildman–Crippen LogP) is 1.64. The molecule has 52 valence electrons. The van der Waals surface area contributed by atoms with Crippen LogP contribution in [0.5, 0.6) is 0 Å². The average molecular weight is 151 g/mol. The van der Waals surface area contributed by atoms with Crippen LogP contribution in [0, 0.1) is 5.92 Å². The van der Waals surface area contributed by atoms with E-state index in [9.17, 15) is 0 Å². The molecule has 1 nitrogen and oxygen atoms in total. The van der Waals surface area contributed by atoms with Crippen LogP contribution in [0.3, 0.4) is 0 Å². The summed E-state index contributed by atoms with van der Waals surface area (Å²) >= 11 is 1.84. The quantitative estimate of drug-likeness (QED) is 0.569. The SMILES string of the molecule is NC1=CC=CC2SC=CC12. The summed E-state index contributed by atoms with van der Waals surface area (Å²) in [5.74, 6) is 0.468. The van der Waals surface area contributed by atoms with Crippen LogP contribution in [-0.2, 0) is 0 Å². The molecule has 0 spiro atoms. The van der Waals surface area contributed by atoms with E-state index in [1.165, 1.54) is 0 Å². The average Bonchev–Trinajstić information content (AvgIpc) is 2.36. The molecule has 0 bridgehead atoms. The fraction of sp³-hybridized carbons (Fsp3) is 0.250. The number of hydrogen-bond acceptors (Lipinski definition) is 2. The van der Waals surface area contributed by atoms with Crippen LogP contribution in [0.25, 0.3) is 0 Å². The molecule has 1 aliphatic heterocycles. The molecule has 1 aliphatic carbocycles. The number of thioether (sulfide) groups is 1. The second-order valence-electron chi connectivity index (χ2n) is 2.51. The van der Waals surface area contributed by atoms with Crippen LogP contribution in [0.1, 0.15) is 0 Å². The van der Waals surface area contributed by atoms with Gasteiger partial charge in [0, 0.05) is 16.9 Å². The van der Waals surface area contributed by atoms with Gasteiger partial charge < -0.3 is 5.73 Å². The van der Waals surface area contributed by atoms with Gasteiger partial charge in [-0.3, -0.25) is 0 Å². The Hall–Kier alpha value is -0.630. The summed E-state index contributed by atoms with van der Waals surface area (Å²) in [6, 6.07) is 0. The van der Waals surface area contributed by atoms with E-state index in [2.05, 4.69) is 17.6 Å². The van der Waals surface area contributed by atoms with Crippen molar-refractivity contribution in [2.45, 2.75) is 5.25 Å². The van der Waals surface area contributed by atoms with Crippen molar-refractivity contribution in [3.63, 3.8) is 0 Å². The highest BCUT2D eigenvalue weighted by molar-refractivity contribution is 8.03. The zero-order chi connectivity index (χ0) is 6.97. The van der Waals surface area contributed by atoms with Gasteiger partial charge in [0.05, 0.1) is 0 Å². The minimum atomic E-state index is 0.468. The molecule has 2 unspecified atom stereocenters. The first kappa shape index (κ1) is 6.10. The lowest BCUT2D eigenvalue weighted by atomic mass is 9.97. The van der Waals surface area contributed by atoms with Gasteiger partial charge in [-0.05, 0) is 11.5 Å². The zero-order valence-corrected chi connectivity index (χ0v) is 6.34. The van der Waals surface area contributed by atoms with E-state index in [0.29, 0.717) is 11.2 Å². The second kappa shape index (κ2) is 2.20. The molecule has 0 aromatic carbocycles.